The van der Waals surface area contributed by atoms with Crippen LogP contribution in [0.3, 0.4) is 0 Å². The molecule has 2 aromatic heterocycles. The lowest BCUT2D eigenvalue weighted by Gasteiger charge is -2.46. The molecule has 3 aromatic rings. The number of nitro groups is 1. The van der Waals surface area contributed by atoms with Crippen molar-refractivity contribution in [1.29, 1.82) is 0 Å². The molecule has 2 amide bonds. The molecule has 0 saturated carbocycles. The number of ether oxygens (including phenoxy) is 1. The number of amides is 2. The fourth-order valence-corrected chi connectivity index (χ4v) is 7.70. The molecule has 1 aromatic carbocycles. The average molecular weight is 700 g/mol. The molecule has 1 saturated heterocycles. The van der Waals surface area contributed by atoms with E-state index in [2.05, 4.69) is 0 Å². The number of thiazole rings is 1. The number of esters is 1. The van der Waals surface area contributed by atoms with Crippen LogP contribution in [0.25, 0.3) is 10.4 Å². The Bertz CT molecular complexity index is 1580. The van der Waals surface area contributed by atoms with Crippen LogP contribution >= 0.6 is 23.1 Å². The summed E-state index contributed by atoms with van der Waals surface area (Å²) in [6.07, 6.45) is 2.54. The fourth-order valence-electron chi connectivity index (χ4n) is 5.42. The summed E-state index contributed by atoms with van der Waals surface area (Å²) in [5, 5.41) is 21.9. The number of thioether (sulfide) groups is 1. The summed E-state index contributed by atoms with van der Waals surface area (Å²) >= 11 is 2.74. The van der Waals surface area contributed by atoms with Gasteiger partial charge in [0, 0.05) is 23.6 Å². The number of carbonyl (C=O) groups excluding carboxylic acids is 3. The topological polar surface area (TPSA) is 162 Å². The number of nitrogens with zero attached hydrogens (tertiary/aromatic N) is 4. The van der Waals surface area contributed by atoms with Crippen LogP contribution in [0.15, 0.2) is 41.3 Å². The Morgan fingerprint density at radius 2 is 1.98 bits per heavy atom. The van der Waals surface area contributed by atoms with Gasteiger partial charge in [-0.25, -0.2) is 9.59 Å². The Labute approximate surface area is 253 Å². The number of benzene rings is 1. The summed E-state index contributed by atoms with van der Waals surface area (Å²) in [4.78, 5) is 52.0. The van der Waals surface area contributed by atoms with Crippen LogP contribution < -0.4 is 34.1 Å². The molecule has 0 spiro atoms. The molecule has 1 fully saturated rings. The zero-order valence-corrected chi connectivity index (χ0v) is 25.7. The zero-order chi connectivity index (χ0) is 28.3. The number of imidazole rings is 1. The van der Waals surface area contributed by atoms with Crippen molar-refractivity contribution in [2.24, 2.45) is 17.6 Å². The molecule has 3 N–H and O–H groups in total. The van der Waals surface area contributed by atoms with Crippen molar-refractivity contribution in [3.63, 3.8) is 0 Å². The highest BCUT2D eigenvalue weighted by Crippen LogP contribution is 2.52. The molecule has 0 aliphatic carbocycles. The lowest BCUT2D eigenvalue weighted by atomic mass is 9.77. The first-order valence-corrected chi connectivity index (χ1v) is 14.1. The molecule has 212 valence electrons. The molecule has 0 radical (unpaired) electrons. The standard InChI is InChI=1S/C25H25N5O7S2.HI/c1-11-16(20-12(2)27-10-28(25(26)34)22(38-4)23(27)39-20)19(29-18(11)17(13(3)31)21(29)32)24(33)37-9-14-5-7-15(8-6-14)30(35)36;/h5-8,10-11,13,17-18,31H,9H2,1-4H3,(H-,26,34);1H/t11-,13+,17+,18+;/m0./s1. The minimum atomic E-state index is -0.893. The van der Waals surface area contributed by atoms with Gasteiger partial charge in [-0.3, -0.25) is 14.9 Å². The summed E-state index contributed by atoms with van der Waals surface area (Å²) in [5.41, 5.74) is 7.54. The van der Waals surface area contributed by atoms with Gasteiger partial charge < -0.3 is 44.5 Å². The minimum Gasteiger partial charge on any atom is -1.00 e. The number of hydrogen-bond acceptors (Lipinski definition) is 9. The van der Waals surface area contributed by atoms with E-state index in [-0.39, 0.29) is 53.8 Å². The monoisotopic (exact) mass is 699 g/mol. The molecule has 12 nitrogen and oxygen atoms in total. The summed E-state index contributed by atoms with van der Waals surface area (Å²) in [6, 6.07) is 4.63. The van der Waals surface area contributed by atoms with E-state index < -0.39 is 35.0 Å². The average Bonchev–Trinajstić information content (AvgIpc) is 3.49. The minimum absolute atomic E-state index is 0. The van der Waals surface area contributed by atoms with Gasteiger partial charge in [0.1, 0.15) is 18.0 Å². The number of primary amides is 1. The maximum Gasteiger partial charge on any atom is 0.411 e. The number of halogens is 1. The Kier molecular flexibility index (Phi) is 8.31. The largest absolute Gasteiger partial charge is 1.00 e. The Balaban J connectivity index is 0.00000370. The number of aliphatic hydroxyl groups is 1. The number of nitrogens with two attached hydrogens (primary N) is 1. The van der Waals surface area contributed by atoms with Crippen LogP contribution in [0, 0.1) is 28.9 Å². The van der Waals surface area contributed by atoms with Crippen molar-refractivity contribution < 1.29 is 57.5 Å². The smallest absolute Gasteiger partial charge is 0.411 e. The van der Waals surface area contributed by atoms with Crippen molar-refractivity contribution in [1.82, 2.24) is 9.47 Å². The SMILES string of the molecule is CSc1c2sc(C3=C(C(=O)OCc4ccc([N+](=O)[O-])cc4)N4C(=O)[C@H]([C@@H](C)O)[C@H]4[C@H]3C)c(C)[n+]2cn1C(N)=O.[I-]. The van der Waals surface area contributed by atoms with Gasteiger partial charge in [-0.15, -0.1) is 4.57 Å². The molecule has 0 bridgehead atoms. The third-order valence-corrected chi connectivity index (χ3v) is 9.51. The van der Waals surface area contributed by atoms with Crippen LogP contribution in [0.5, 0.6) is 0 Å². The van der Waals surface area contributed by atoms with E-state index >= 15 is 0 Å². The number of hydrogen-bond donors (Lipinski definition) is 2. The summed E-state index contributed by atoms with van der Waals surface area (Å²) < 4.78 is 8.80. The summed E-state index contributed by atoms with van der Waals surface area (Å²) in [6.45, 7) is 5.19. The summed E-state index contributed by atoms with van der Waals surface area (Å²) in [7, 11) is 0. The van der Waals surface area contributed by atoms with Gasteiger partial charge in [-0.05, 0) is 37.8 Å². The van der Waals surface area contributed by atoms with Crippen LogP contribution in [-0.2, 0) is 20.9 Å². The number of carbonyl (C=O) groups is 3. The van der Waals surface area contributed by atoms with E-state index in [1.807, 2.05) is 24.5 Å². The van der Waals surface area contributed by atoms with Crippen molar-refractivity contribution in [3.05, 3.63) is 62.5 Å². The predicted molar refractivity (Wildman–Crippen MR) is 142 cm³/mol. The van der Waals surface area contributed by atoms with E-state index in [0.29, 0.717) is 16.2 Å². The third kappa shape index (κ3) is 4.57. The molecule has 4 atom stereocenters. The Morgan fingerprint density at radius 3 is 2.52 bits per heavy atom. The predicted octanol–water partition coefficient (Wildman–Crippen LogP) is -0.530. The van der Waals surface area contributed by atoms with Crippen molar-refractivity contribution in [3.8, 4) is 0 Å². The second-order valence-electron chi connectivity index (χ2n) is 9.54. The lowest BCUT2D eigenvalue weighted by molar-refractivity contribution is -0.515. The van der Waals surface area contributed by atoms with Crippen LogP contribution in [0.1, 0.15) is 30.0 Å². The van der Waals surface area contributed by atoms with E-state index in [1.165, 1.54) is 56.8 Å². The first-order chi connectivity index (χ1) is 18.5. The fraction of sp³-hybridized carbons (Fsp3) is 0.360. The second kappa shape index (κ2) is 11.1. The second-order valence-corrected chi connectivity index (χ2v) is 11.3. The maximum absolute atomic E-state index is 13.6. The number of non-ortho nitro benzene ring substituents is 1. The molecule has 2 aliphatic heterocycles. The van der Waals surface area contributed by atoms with Gasteiger partial charge in [0.15, 0.2) is 0 Å². The van der Waals surface area contributed by atoms with E-state index in [0.717, 1.165) is 15.4 Å². The highest BCUT2D eigenvalue weighted by Gasteiger charge is 2.60. The third-order valence-electron chi connectivity index (χ3n) is 7.30. The highest BCUT2D eigenvalue weighted by molar-refractivity contribution is 7.98. The van der Waals surface area contributed by atoms with Gasteiger partial charge >= 0.3 is 12.0 Å². The number of aryl methyl sites for hydroxylation is 1. The Morgan fingerprint density at radius 1 is 1.32 bits per heavy atom. The van der Waals surface area contributed by atoms with Gasteiger partial charge in [-0.1, -0.05) is 30.0 Å². The first-order valence-electron chi connectivity index (χ1n) is 12.0. The quantitative estimate of drug-likeness (QED) is 0.0633. The van der Waals surface area contributed by atoms with E-state index in [9.17, 15) is 29.6 Å². The number of aromatic nitrogens is 2. The summed E-state index contributed by atoms with van der Waals surface area (Å²) in [5.74, 6) is -1.99. The van der Waals surface area contributed by atoms with Gasteiger partial charge in [0.05, 0.1) is 27.9 Å². The van der Waals surface area contributed by atoms with Gasteiger partial charge in [0.25, 0.3) is 12.0 Å². The molecular formula is C25H26IN5O7S2. The molecule has 40 heavy (non-hydrogen) atoms. The van der Waals surface area contributed by atoms with Crippen LogP contribution in [-0.4, -0.2) is 55.8 Å². The first kappa shape index (κ1) is 30.0. The lowest BCUT2D eigenvalue weighted by Crippen LogP contribution is -3.00. The maximum atomic E-state index is 13.6. The number of fused-ring (bicyclic) bond motifs is 2. The van der Waals surface area contributed by atoms with Crippen LogP contribution in [0.2, 0.25) is 0 Å². The molecule has 15 heteroatoms. The van der Waals surface area contributed by atoms with Crippen molar-refractivity contribution in [2.75, 3.05) is 6.26 Å². The molecule has 0 unspecified atom stereocenters. The highest BCUT2D eigenvalue weighted by atomic mass is 127. The molecular weight excluding hydrogens is 673 g/mol. The van der Waals surface area contributed by atoms with Crippen molar-refractivity contribution in [2.45, 2.75) is 44.5 Å². The van der Waals surface area contributed by atoms with Gasteiger partial charge in [-0.2, -0.15) is 4.40 Å². The number of rotatable bonds is 7. The van der Waals surface area contributed by atoms with Crippen LogP contribution in [0.4, 0.5) is 10.5 Å². The normalized spacial score (nSPS) is 20.7. The Hall–Kier alpha value is -3.02. The van der Waals surface area contributed by atoms with Crippen molar-refractivity contribution >= 4 is 57.1 Å². The number of aliphatic hydroxyl groups excluding tert-OH is 1. The van der Waals surface area contributed by atoms with E-state index in [4.69, 9.17) is 10.5 Å². The number of nitro benzene ring substituents is 1. The van der Waals surface area contributed by atoms with E-state index in [1.54, 1.807) is 13.3 Å². The number of β-lactam (4-membered cyclic amide) rings is 1. The zero-order valence-electron chi connectivity index (χ0n) is 21.9. The molecule has 4 heterocycles. The van der Waals surface area contributed by atoms with Gasteiger partial charge in [0.2, 0.25) is 15.8 Å². The molecule has 5 rings (SSSR count). The molecule has 2 aliphatic rings.